The van der Waals surface area contributed by atoms with Crippen LogP contribution in [-0.2, 0) is 9.53 Å². The van der Waals surface area contributed by atoms with E-state index >= 15 is 0 Å². The molecule has 0 bridgehead atoms. The largest absolute Gasteiger partial charge is 0.449 e. The van der Waals surface area contributed by atoms with Crippen molar-refractivity contribution in [3.05, 3.63) is 0 Å². The minimum atomic E-state index is -0.396. The smallest absolute Gasteiger partial charge is 0.312 e. The van der Waals surface area contributed by atoms with E-state index in [2.05, 4.69) is 16.8 Å². The molecular formula is C11H22N2O2. The number of rotatable bonds is 2. The van der Waals surface area contributed by atoms with Gasteiger partial charge in [-0.25, -0.2) is 0 Å². The SMILES string of the molecule is CN1CCN(COC(=O)C(C)(C)C)CC1. The Bertz CT molecular complexity index is 215. The Balaban J connectivity index is 2.23. The number of carbonyl (C=O) groups excluding carboxylic acids is 1. The molecule has 0 amide bonds. The highest BCUT2D eigenvalue weighted by atomic mass is 16.5. The molecule has 0 aromatic carbocycles. The first-order valence-electron chi connectivity index (χ1n) is 5.48. The first-order chi connectivity index (χ1) is 6.89. The fraction of sp³-hybridized carbons (Fsp3) is 0.909. The molecule has 88 valence electrons. The number of esters is 1. The van der Waals surface area contributed by atoms with E-state index < -0.39 is 5.41 Å². The van der Waals surface area contributed by atoms with Crippen LogP contribution in [0.2, 0.25) is 0 Å². The third-order valence-electron chi connectivity index (χ3n) is 2.59. The summed E-state index contributed by atoms with van der Waals surface area (Å²) >= 11 is 0. The van der Waals surface area contributed by atoms with Crippen LogP contribution >= 0.6 is 0 Å². The Labute approximate surface area is 92.2 Å². The highest BCUT2D eigenvalue weighted by molar-refractivity contribution is 5.75. The zero-order chi connectivity index (χ0) is 11.5. The normalized spacial score (nSPS) is 20.3. The maximum atomic E-state index is 11.5. The van der Waals surface area contributed by atoms with Gasteiger partial charge in [0.2, 0.25) is 0 Å². The molecule has 0 aliphatic carbocycles. The Kier molecular flexibility index (Phi) is 4.11. The van der Waals surface area contributed by atoms with Crippen molar-refractivity contribution in [2.75, 3.05) is 40.0 Å². The Hall–Kier alpha value is -0.610. The van der Waals surface area contributed by atoms with E-state index in [1.807, 2.05) is 20.8 Å². The van der Waals surface area contributed by atoms with Crippen molar-refractivity contribution in [2.24, 2.45) is 5.41 Å². The van der Waals surface area contributed by atoms with E-state index in [9.17, 15) is 4.79 Å². The number of ether oxygens (including phenoxy) is 1. The lowest BCUT2D eigenvalue weighted by Gasteiger charge is -2.32. The van der Waals surface area contributed by atoms with Crippen molar-refractivity contribution in [1.29, 1.82) is 0 Å². The summed E-state index contributed by atoms with van der Waals surface area (Å²) in [5.74, 6) is -0.124. The standard InChI is InChI=1S/C11H22N2O2/c1-11(2,3)10(14)15-9-13-7-5-12(4)6-8-13/h5-9H2,1-4H3. The van der Waals surface area contributed by atoms with Crippen molar-refractivity contribution >= 4 is 5.97 Å². The van der Waals surface area contributed by atoms with Crippen molar-refractivity contribution in [3.63, 3.8) is 0 Å². The van der Waals surface area contributed by atoms with Gasteiger partial charge in [0.1, 0.15) is 6.73 Å². The van der Waals surface area contributed by atoms with Crippen LogP contribution < -0.4 is 0 Å². The number of hydrogen-bond donors (Lipinski definition) is 0. The maximum Gasteiger partial charge on any atom is 0.312 e. The summed E-state index contributed by atoms with van der Waals surface area (Å²) in [4.78, 5) is 16.0. The van der Waals surface area contributed by atoms with E-state index in [0.717, 1.165) is 26.2 Å². The van der Waals surface area contributed by atoms with Gasteiger partial charge in [0.15, 0.2) is 0 Å². The number of nitrogens with zero attached hydrogens (tertiary/aromatic N) is 2. The number of likely N-dealkylation sites (N-methyl/N-ethyl adjacent to an activating group) is 1. The van der Waals surface area contributed by atoms with E-state index in [4.69, 9.17) is 4.74 Å². The van der Waals surface area contributed by atoms with Crippen LogP contribution in [0.25, 0.3) is 0 Å². The third-order valence-corrected chi connectivity index (χ3v) is 2.59. The molecular weight excluding hydrogens is 192 g/mol. The van der Waals surface area contributed by atoms with Crippen LogP contribution in [0.3, 0.4) is 0 Å². The van der Waals surface area contributed by atoms with Gasteiger partial charge in [0, 0.05) is 26.2 Å². The summed E-state index contributed by atoms with van der Waals surface area (Å²) in [7, 11) is 2.11. The van der Waals surface area contributed by atoms with Gasteiger partial charge in [-0.15, -0.1) is 0 Å². The Morgan fingerprint density at radius 2 is 1.73 bits per heavy atom. The van der Waals surface area contributed by atoms with Crippen LogP contribution in [0.15, 0.2) is 0 Å². The fourth-order valence-electron chi connectivity index (χ4n) is 1.34. The quantitative estimate of drug-likeness (QED) is 0.636. The lowest BCUT2D eigenvalue weighted by atomic mass is 9.98. The average Bonchev–Trinajstić information content (AvgIpc) is 2.15. The van der Waals surface area contributed by atoms with Gasteiger partial charge in [0.05, 0.1) is 5.41 Å². The topological polar surface area (TPSA) is 32.8 Å². The number of hydrogen-bond acceptors (Lipinski definition) is 4. The van der Waals surface area contributed by atoms with Gasteiger partial charge in [-0.2, -0.15) is 0 Å². The summed E-state index contributed by atoms with van der Waals surface area (Å²) in [5, 5.41) is 0. The van der Waals surface area contributed by atoms with E-state index in [1.54, 1.807) is 0 Å². The zero-order valence-corrected chi connectivity index (χ0v) is 10.2. The second-order valence-corrected chi connectivity index (χ2v) is 5.23. The molecule has 0 unspecified atom stereocenters. The molecule has 0 N–H and O–H groups in total. The lowest BCUT2D eigenvalue weighted by molar-refractivity contribution is -0.158. The van der Waals surface area contributed by atoms with Crippen molar-refractivity contribution in [1.82, 2.24) is 9.80 Å². The summed E-state index contributed by atoms with van der Waals surface area (Å²) < 4.78 is 5.25. The Morgan fingerprint density at radius 1 is 1.20 bits per heavy atom. The molecule has 4 nitrogen and oxygen atoms in total. The lowest BCUT2D eigenvalue weighted by Crippen LogP contribution is -2.46. The van der Waals surface area contributed by atoms with Gasteiger partial charge in [0.25, 0.3) is 0 Å². The first-order valence-corrected chi connectivity index (χ1v) is 5.48. The Morgan fingerprint density at radius 3 is 2.20 bits per heavy atom. The number of piperazine rings is 1. The highest BCUT2D eigenvalue weighted by Crippen LogP contribution is 2.15. The van der Waals surface area contributed by atoms with E-state index in [0.29, 0.717) is 6.73 Å². The van der Waals surface area contributed by atoms with Crippen LogP contribution in [0.5, 0.6) is 0 Å². The monoisotopic (exact) mass is 214 g/mol. The van der Waals surface area contributed by atoms with Gasteiger partial charge in [-0.3, -0.25) is 9.69 Å². The molecule has 0 spiro atoms. The number of carbonyl (C=O) groups is 1. The zero-order valence-electron chi connectivity index (χ0n) is 10.2. The van der Waals surface area contributed by atoms with Gasteiger partial charge in [-0.1, -0.05) is 0 Å². The molecule has 1 rings (SSSR count). The predicted molar refractivity (Wildman–Crippen MR) is 59.5 cm³/mol. The minimum absolute atomic E-state index is 0.124. The van der Waals surface area contributed by atoms with Crippen molar-refractivity contribution in [3.8, 4) is 0 Å². The molecule has 0 aromatic rings. The van der Waals surface area contributed by atoms with Crippen molar-refractivity contribution < 1.29 is 9.53 Å². The van der Waals surface area contributed by atoms with E-state index in [-0.39, 0.29) is 5.97 Å². The predicted octanol–water partition coefficient (Wildman–Crippen LogP) is 0.781. The summed E-state index contributed by atoms with van der Waals surface area (Å²) in [5.41, 5.74) is -0.396. The first kappa shape index (κ1) is 12.5. The molecule has 4 heteroatoms. The molecule has 15 heavy (non-hydrogen) atoms. The van der Waals surface area contributed by atoms with Crippen LogP contribution in [0, 0.1) is 5.41 Å². The third kappa shape index (κ3) is 4.18. The van der Waals surface area contributed by atoms with E-state index in [1.165, 1.54) is 0 Å². The molecule has 1 aliphatic heterocycles. The van der Waals surface area contributed by atoms with Crippen LogP contribution in [-0.4, -0.2) is 55.7 Å². The average molecular weight is 214 g/mol. The second kappa shape index (κ2) is 4.94. The minimum Gasteiger partial charge on any atom is -0.449 e. The summed E-state index contributed by atoms with van der Waals surface area (Å²) in [6.45, 7) is 10.1. The van der Waals surface area contributed by atoms with Crippen LogP contribution in [0.1, 0.15) is 20.8 Å². The molecule has 0 atom stereocenters. The molecule has 0 saturated carbocycles. The van der Waals surface area contributed by atoms with Crippen molar-refractivity contribution in [2.45, 2.75) is 20.8 Å². The molecule has 1 heterocycles. The molecule has 1 aliphatic rings. The summed E-state index contributed by atoms with van der Waals surface area (Å²) in [6.07, 6.45) is 0. The molecule has 0 aromatic heterocycles. The van der Waals surface area contributed by atoms with Crippen LogP contribution in [0.4, 0.5) is 0 Å². The summed E-state index contributed by atoms with van der Waals surface area (Å²) in [6, 6.07) is 0. The highest BCUT2D eigenvalue weighted by Gasteiger charge is 2.24. The molecule has 1 fully saturated rings. The molecule has 1 saturated heterocycles. The second-order valence-electron chi connectivity index (χ2n) is 5.23. The molecule has 0 radical (unpaired) electrons. The fourth-order valence-corrected chi connectivity index (χ4v) is 1.34. The maximum absolute atomic E-state index is 11.5. The van der Waals surface area contributed by atoms with Gasteiger partial charge < -0.3 is 9.64 Å². The van der Waals surface area contributed by atoms with Gasteiger partial charge in [-0.05, 0) is 27.8 Å². The van der Waals surface area contributed by atoms with Gasteiger partial charge >= 0.3 is 5.97 Å².